The highest BCUT2D eigenvalue weighted by Gasteiger charge is 2.15. The van der Waals surface area contributed by atoms with Crippen molar-refractivity contribution in [2.24, 2.45) is 0 Å². The predicted molar refractivity (Wildman–Crippen MR) is 79.5 cm³/mol. The molecule has 2 aromatic carbocycles. The molecule has 0 amide bonds. The van der Waals surface area contributed by atoms with Crippen LogP contribution in [0.5, 0.6) is 5.75 Å². The average molecular weight is 338 g/mol. The number of ether oxygens (including phenoxy) is 1. The van der Waals surface area contributed by atoms with Gasteiger partial charge in [0.1, 0.15) is 11.6 Å². The molecule has 0 unspecified atom stereocenters. The van der Waals surface area contributed by atoms with E-state index in [1.165, 1.54) is 13.2 Å². The first-order valence-corrected chi connectivity index (χ1v) is 6.72. The zero-order valence-corrected chi connectivity index (χ0v) is 12.4. The molecule has 0 aliphatic heterocycles. The number of hydrogen-bond donors (Lipinski definition) is 1. The van der Waals surface area contributed by atoms with Crippen LogP contribution >= 0.6 is 15.9 Å². The third-order valence-electron chi connectivity index (χ3n) is 2.95. The Balaban J connectivity index is 2.31. The van der Waals surface area contributed by atoms with Crippen LogP contribution in [-0.4, -0.2) is 12.9 Å². The molecule has 2 rings (SSSR count). The van der Waals surface area contributed by atoms with Crippen LogP contribution in [-0.2, 0) is 6.42 Å². The van der Waals surface area contributed by atoms with Gasteiger partial charge >= 0.3 is 0 Å². The lowest BCUT2D eigenvalue weighted by atomic mass is 10.0. The fraction of sp³-hybridized carbons (Fsp3) is 0.133. The molecule has 20 heavy (non-hydrogen) atoms. The molecular formula is C15H13BrFNO2. The Morgan fingerprint density at radius 1 is 1.35 bits per heavy atom. The number of benzene rings is 2. The van der Waals surface area contributed by atoms with Gasteiger partial charge in [-0.2, -0.15) is 0 Å². The SMILES string of the molecule is COc1cccc(C(=O)Cc2cc(Br)ccc2F)c1N. The van der Waals surface area contributed by atoms with Crippen LogP contribution in [0.2, 0.25) is 0 Å². The van der Waals surface area contributed by atoms with Gasteiger partial charge in [-0.05, 0) is 35.9 Å². The Morgan fingerprint density at radius 2 is 2.10 bits per heavy atom. The molecule has 0 saturated carbocycles. The van der Waals surface area contributed by atoms with Gasteiger partial charge in [-0.1, -0.05) is 22.0 Å². The van der Waals surface area contributed by atoms with Crippen LogP contribution in [0.15, 0.2) is 40.9 Å². The van der Waals surface area contributed by atoms with Crippen molar-refractivity contribution in [2.45, 2.75) is 6.42 Å². The van der Waals surface area contributed by atoms with Crippen LogP contribution in [0.25, 0.3) is 0 Å². The summed E-state index contributed by atoms with van der Waals surface area (Å²) in [7, 11) is 1.48. The number of nitrogens with two attached hydrogens (primary N) is 1. The Morgan fingerprint density at radius 3 is 2.80 bits per heavy atom. The van der Waals surface area contributed by atoms with Gasteiger partial charge in [-0.3, -0.25) is 4.79 Å². The molecule has 5 heteroatoms. The lowest BCUT2D eigenvalue weighted by Gasteiger charge is -2.09. The summed E-state index contributed by atoms with van der Waals surface area (Å²) in [6, 6.07) is 9.45. The van der Waals surface area contributed by atoms with Gasteiger partial charge in [0.2, 0.25) is 0 Å². The molecule has 0 aliphatic carbocycles. The smallest absolute Gasteiger partial charge is 0.169 e. The summed E-state index contributed by atoms with van der Waals surface area (Å²) < 4.78 is 19.5. The van der Waals surface area contributed by atoms with E-state index in [0.717, 1.165) is 4.47 Å². The summed E-state index contributed by atoms with van der Waals surface area (Å²) in [4.78, 5) is 12.2. The van der Waals surface area contributed by atoms with Crippen molar-refractivity contribution in [2.75, 3.05) is 12.8 Å². The number of anilines is 1. The van der Waals surface area contributed by atoms with Gasteiger partial charge in [0, 0.05) is 16.5 Å². The second-order valence-electron chi connectivity index (χ2n) is 4.26. The third kappa shape index (κ3) is 2.99. The van der Waals surface area contributed by atoms with Gasteiger partial charge in [-0.25, -0.2) is 4.39 Å². The maximum absolute atomic E-state index is 13.7. The molecule has 0 heterocycles. The number of carbonyl (C=O) groups excluding carboxylic acids is 1. The minimum Gasteiger partial charge on any atom is -0.495 e. The molecule has 104 valence electrons. The molecule has 0 fully saturated rings. The summed E-state index contributed by atoms with van der Waals surface area (Å²) in [6.45, 7) is 0. The quantitative estimate of drug-likeness (QED) is 0.685. The first-order valence-electron chi connectivity index (χ1n) is 5.92. The minimum absolute atomic E-state index is 0.0529. The molecule has 0 radical (unpaired) electrons. The summed E-state index contributed by atoms with van der Waals surface area (Å²) >= 11 is 3.26. The Labute approximate surface area is 124 Å². The highest BCUT2D eigenvalue weighted by atomic mass is 79.9. The van der Waals surface area contributed by atoms with Crippen LogP contribution in [0.1, 0.15) is 15.9 Å². The van der Waals surface area contributed by atoms with Gasteiger partial charge in [0.05, 0.1) is 12.8 Å². The van der Waals surface area contributed by atoms with Crippen molar-refractivity contribution in [1.29, 1.82) is 0 Å². The van der Waals surface area contributed by atoms with E-state index in [-0.39, 0.29) is 17.9 Å². The topological polar surface area (TPSA) is 52.3 Å². The summed E-state index contributed by atoms with van der Waals surface area (Å²) in [6.07, 6.45) is -0.0529. The molecule has 2 aromatic rings. The molecule has 0 spiro atoms. The van der Waals surface area contributed by atoms with E-state index in [1.807, 2.05) is 0 Å². The van der Waals surface area contributed by atoms with E-state index in [9.17, 15) is 9.18 Å². The fourth-order valence-corrected chi connectivity index (χ4v) is 2.32. The maximum Gasteiger partial charge on any atom is 0.169 e. The number of Topliss-reactive ketones (excluding diaryl/α,β-unsaturated/α-hetero) is 1. The minimum atomic E-state index is -0.414. The standard InChI is InChI=1S/C15H13BrFNO2/c1-20-14-4-2-3-11(15(14)18)13(19)8-9-7-10(16)5-6-12(9)17/h2-7H,8,18H2,1H3. The number of ketones is 1. The number of halogens is 2. The molecule has 0 aliphatic rings. The molecule has 3 nitrogen and oxygen atoms in total. The maximum atomic E-state index is 13.7. The molecule has 0 bridgehead atoms. The second-order valence-corrected chi connectivity index (χ2v) is 5.17. The van der Waals surface area contributed by atoms with Crippen molar-refractivity contribution in [3.8, 4) is 5.75 Å². The number of carbonyl (C=O) groups is 1. The summed E-state index contributed by atoms with van der Waals surface area (Å²) in [5, 5.41) is 0. The average Bonchev–Trinajstić information content (AvgIpc) is 2.43. The third-order valence-corrected chi connectivity index (χ3v) is 3.44. The summed E-state index contributed by atoms with van der Waals surface area (Å²) in [5.41, 5.74) is 6.80. The predicted octanol–water partition coefficient (Wildman–Crippen LogP) is 3.60. The fourth-order valence-electron chi connectivity index (χ4n) is 1.91. The van der Waals surface area contributed by atoms with Gasteiger partial charge in [0.25, 0.3) is 0 Å². The zero-order chi connectivity index (χ0) is 14.7. The van der Waals surface area contributed by atoms with Gasteiger partial charge in [-0.15, -0.1) is 0 Å². The molecule has 0 saturated heterocycles. The lowest BCUT2D eigenvalue weighted by molar-refractivity contribution is 0.0992. The first-order chi connectivity index (χ1) is 9.52. The number of methoxy groups -OCH3 is 1. The van der Waals surface area contributed by atoms with Crippen molar-refractivity contribution < 1.29 is 13.9 Å². The van der Waals surface area contributed by atoms with E-state index in [1.54, 1.807) is 30.3 Å². The van der Waals surface area contributed by atoms with Crippen LogP contribution in [0.4, 0.5) is 10.1 Å². The van der Waals surface area contributed by atoms with Gasteiger partial charge < -0.3 is 10.5 Å². The van der Waals surface area contributed by atoms with E-state index in [0.29, 0.717) is 16.9 Å². The number of para-hydroxylation sites is 1. The normalized spacial score (nSPS) is 10.3. The van der Waals surface area contributed by atoms with Crippen LogP contribution < -0.4 is 10.5 Å². The zero-order valence-electron chi connectivity index (χ0n) is 10.8. The Kier molecular flexibility index (Phi) is 4.39. The molecule has 0 aromatic heterocycles. The number of nitrogen functional groups attached to an aromatic ring is 1. The number of rotatable bonds is 4. The monoisotopic (exact) mass is 337 g/mol. The molecule has 0 atom stereocenters. The van der Waals surface area contributed by atoms with E-state index < -0.39 is 5.82 Å². The van der Waals surface area contributed by atoms with E-state index in [4.69, 9.17) is 10.5 Å². The Hall–Kier alpha value is -1.88. The highest BCUT2D eigenvalue weighted by Crippen LogP contribution is 2.26. The lowest BCUT2D eigenvalue weighted by Crippen LogP contribution is -2.09. The highest BCUT2D eigenvalue weighted by molar-refractivity contribution is 9.10. The Bertz CT molecular complexity index is 658. The van der Waals surface area contributed by atoms with Crippen LogP contribution in [0, 0.1) is 5.82 Å². The largest absolute Gasteiger partial charge is 0.495 e. The van der Waals surface area contributed by atoms with E-state index in [2.05, 4.69) is 15.9 Å². The van der Waals surface area contributed by atoms with Crippen molar-refractivity contribution in [3.05, 3.63) is 57.8 Å². The summed E-state index contributed by atoms with van der Waals surface area (Å²) in [5.74, 6) is -0.230. The number of hydrogen-bond acceptors (Lipinski definition) is 3. The molecule has 2 N–H and O–H groups in total. The van der Waals surface area contributed by atoms with Crippen molar-refractivity contribution >= 4 is 27.4 Å². The van der Waals surface area contributed by atoms with Crippen LogP contribution in [0.3, 0.4) is 0 Å². The molecular weight excluding hydrogens is 325 g/mol. The van der Waals surface area contributed by atoms with Gasteiger partial charge in [0.15, 0.2) is 5.78 Å². The van der Waals surface area contributed by atoms with E-state index >= 15 is 0 Å². The first kappa shape index (κ1) is 14.5. The van der Waals surface area contributed by atoms with Crippen molar-refractivity contribution in [3.63, 3.8) is 0 Å². The second kappa shape index (κ2) is 6.05. The van der Waals surface area contributed by atoms with Crippen molar-refractivity contribution in [1.82, 2.24) is 0 Å².